The van der Waals surface area contributed by atoms with E-state index in [1.165, 1.54) is 26.4 Å². The van der Waals surface area contributed by atoms with Gasteiger partial charge in [-0.2, -0.15) is 8.42 Å². The van der Waals surface area contributed by atoms with E-state index in [4.69, 9.17) is 14.2 Å². The second kappa shape index (κ2) is 13.2. The molecular weight excluding hydrogens is 552 g/mol. The molecule has 0 saturated heterocycles. The lowest BCUT2D eigenvalue weighted by Crippen LogP contribution is -2.39. The number of sulfonamides is 1. The Kier molecular flexibility index (Phi) is 9.69. The quantitative estimate of drug-likeness (QED) is 0.226. The minimum atomic E-state index is -3.97. The molecule has 0 fully saturated rings. The third-order valence-electron chi connectivity index (χ3n) is 6.30. The number of anilines is 1. The summed E-state index contributed by atoms with van der Waals surface area (Å²) in [6.45, 7) is 0.280. The van der Waals surface area contributed by atoms with Crippen LogP contribution in [0, 0.1) is 0 Å². The Balaban J connectivity index is 1.57. The molecule has 1 unspecified atom stereocenters. The average Bonchev–Trinajstić information content (AvgIpc) is 3.43. The van der Waals surface area contributed by atoms with Crippen molar-refractivity contribution in [2.24, 2.45) is 0 Å². The molecule has 2 aromatic carbocycles. The van der Waals surface area contributed by atoms with Crippen molar-refractivity contribution in [3.63, 3.8) is 0 Å². The lowest BCUT2D eigenvalue weighted by molar-refractivity contribution is -0.101. The van der Waals surface area contributed by atoms with Crippen LogP contribution in [0.2, 0.25) is 0 Å². The van der Waals surface area contributed by atoms with Crippen LogP contribution >= 0.6 is 11.8 Å². The van der Waals surface area contributed by atoms with Gasteiger partial charge in [-0.25, -0.2) is 4.98 Å². The minimum Gasteiger partial charge on any atom is -0.497 e. The number of thioether (sulfide) groups is 1. The van der Waals surface area contributed by atoms with E-state index in [0.717, 1.165) is 15.6 Å². The molecule has 4 aromatic rings. The Morgan fingerprint density at radius 3 is 2.42 bits per heavy atom. The zero-order chi connectivity index (χ0) is 28.7. The predicted octanol–water partition coefficient (Wildman–Crippen LogP) is 4.05. The Labute approximate surface area is 238 Å². The van der Waals surface area contributed by atoms with Gasteiger partial charge in [0.15, 0.2) is 11.3 Å². The number of nitrogens with zero attached hydrogens (tertiary/aromatic N) is 2. The lowest BCUT2D eigenvalue weighted by atomic mass is 10.2. The highest BCUT2D eigenvalue weighted by molar-refractivity contribution is 7.99. The van der Waals surface area contributed by atoms with Crippen molar-refractivity contribution in [2.75, 3.05) is 39.2 Å². The van der Waals surface area contributed by atoms with Crippen molar-refractivity contribution >= 4 is 44.3 Å². The van der Waals surface area contributed by atoms with Gasteiger partial charge in [0, 0.05) is 51.2 Å². The number of carbonyl (C=O) groups excluding carboxylic acids is 1. The molecular formula is C28H32N4O6S2. The third-order valence-corrected chi connectivity index (χ3v) is 9.31. The number of hydrogen-bond donors (Lipinski definition) is 2. The van der Waals surface area contributed by atoms with Crippen molar-refractivity contribution in [3.05, 3.63) is 84.2 Å². The van der Waals surface area contributed by atoms with Crippen LogP contribution in [-0.4, -0.2) is 70.8 Å². The first-order valence-corrected chi connectivity index (χ1v) is 14.9. The molecule has 212 valence electrons. The fourth-order valence-corrected chi connectivity index (χ4v) is 6.46. The van der Waals surface area contributed by atoms with Crippen LogP contribution in [0.4, 0.5) is 5.69 Å². The summed E-state index contributed by atoms with van der Waals surface area (Å²) in [6.07, 6.45) is 0.889. The first-order valence-electron chi connectivity index (χ1n) is 12.4. The van der Waals surface area contributed by atoms with Gasteiger partial charge in [0.05, 0.1) is 23.6 Å². The standard InChI is InChI=1S/C28H32N4O6S2/c1-32(40(34,35)25-12-8-9-13-29-25)23-16-21(36-2)14-20-15-22(31-26(20)23)27(33)30-17-24(28(37-3)38-4)39-18-19-10-6-5-7-11-19/h5-16,24,28,31H,17-18H2,1-4H3,(H,30,33). The number of carbonyl (C=O) groups is 1. The number of benzene rings is 2. The number of pyridine rings is 1. The number of methoxy groups -OCH3 is 3. The molecule has 0 saturated carbocycles. The minimum absolute atomic E-state index is 0.0946. The van der Waals surface area contributed by atoms with E-state index in [2.05, 4.69) is 15.3 Å². The summed E-state index contributed by atoms with van der Waals surface area (Å²) < 4.78 is 44.1. The summed E-state index contributed by atoms with van der Waals surface area (Å²) in [6, 6.07) is 19.7. The molecule has 0 radical (unpaired) electrons. The van der Waals surface area contributed by atoms with E-state index >= 15 is 0 Å². The Hall–Kier alpha value is -3.58. The molecule has 0 aliphatic rings. The number of amides is 1. The molecule has 2 aromatic heterocycles. The van der Waals surface area contributed by atoms with Crippen LogP contribution in [0.25, 0.3) is 10.9 Å². The van der Waals surface area contributed by atoms with E-state index in [1.807, 2.05) is 30.3 Å². The van der Waals surface area contributed by atoms with Crippen molar-refractivity contribution in [3.8, 4) is 5.75 Å². The second-order valence-corrected chi connectivity index (χ2v) is 12.0. The van der Waals surface area contributed by atoms with Crippen LogP contribution in [0.3, 0.4) is 0 Å². The zero-order valence-electron chi connectivity index (χ0n) is 22.7. The maximum atomic E-state index is 13.3. The molecule has 40 heavy (non-hydrogen) atoms. The van der Waals surface area contributed by atoms with Crippen molar-refractivity contribution in [1.82, 2.24) is 15.3 Å². The molecule has 12 heteroatoms. The normalized spacial score (nSPS) is 12.4. The number of nitrogens with one attached hydrogen (secondary N) is 2. The number of fused-ring (bicyclic) bond motifs is 1. The van der Waals surface area contributed by atoms with Gasteiger partial charge in [0.1, 0.15) is 11.4 Å². The van der Waals surface area contributed by atoms with Gasteiger partial charge in [-0.1, -0.05) is 36.4 Å². The number of hydrogen-bond acceptors (Lipinski definition) is 8. The summed E-state index contributed by atoms with van der Waals surface area (Å²) in [5, 5.41) is 3.29. The number of aromatic nitrogens is 2. The first kappa shape index (κ1) is 29.4. The van der Waals surface area contributed by atoms with Crippen LogP contribution < -0.4 is 14.4 Å². The van der Waals surface area contributed by atoms with E-state index in [1.54, 1.807) is 56.3 Å². The molecule has 2 N–H and O–H groups in total. The molecule has 0 bridgehead atoms. The van der Waals surface area contributed by atoms with E-state index in [9.17, 15) is 13.2 Å². The Morgan fingerprint density at radius 2 is 1.77 bits per heavy atom. The number of rotatable bonds is 13. The van der Waals surface area contributed by atoms with E-state index in [0.29, 0.717) is 22.3 Å². The molecule has 0 aliphatic carbocycles. The number of aromatic amines is 1. The maximum absolute atomic E-state index is 13.3. The summed E-state index contributed by atoms with van der Waals surface area (Å²) in [7, 11) is 2.08. The Bertz CT molecular complexity index is 1530. The maximum Gasteiger partial charge on any atom is 0.281 e. The predicted molar refractivity (Wildman–Crippen MR) is 156 cm³/mol. The van der Waals surface area contributed by atoms with Crippen LogP contribution in [0.15, 0.2) is 78.0 Å². The molecule has 0 spiro atoms. The SMILES string of the molecule is COc1cc(N(C)S(=O)(=O)c2ccccn2)c2[nH]c(C(=O)NCC(SCc3ccccc3)C(OC)OC)cc2c1. The van der Waals surface area contributed by atoms with Crippen molar-refractivity contribution < 1.29 is 27.4 Å². The molecule has 1 amide bonds. The van der Waals surface area contributed by atoms with E-state index < -0.39 is 16.3 Å². The molecule has 4 rings (SSSR count). The third kappa shape index (κ3) is 6.58. The topological polar surface area (TPSA) is 123 Å². The highest BCUT2D eigenvalue weighted by Gasteiger charge is 2.27. The number of ether oxygens (including phenoxy) is 3. The smallest absolute Gasteiger partial charge is 0.281 e. The second-order valence-electron chi connectivity index (χ2n) is 8.82. The first-order chi connectivity index (χ1) is 19.3. The largest absolute Gasteiger partial charge is 0.497 e. The highest BCUT2D eigenvalue weighted by Crippen LogP contribution is 2.34. The van der Waals surface area contributed by atoms with Crippen LogP contribution in [0.5, 0.6) is 5.75 Å². The molecule has 0 aliphatic heterocycles. The summed E-state index contributed by atoms with van der Waals surface area (Å²) in [4.78, 5) is 20.3. The van der Waals surface area contributed by atoms with Crippen molar-refractivity contribution in [1.29, 1.82) is 0 Å². The fourth-order valence-electron chi connectivity index (χ4n) is 4.16. The average molecular weight is 585 g/mol. The molecule has 2 heterocycles. The van der Waals surface area contributed by atoms with Gasteiger partial charge < -0.3 is 24.5 Å². The summed E-state index contributed by atoms with van der Waals surface area (Å²) >= 11 is 1.62. The zero-order valence-corrected chi connectivity index (χ0v) is 24.3. The summed E-state index contributed by atoms with van der Waals surface area (Å²) in [5.74, 6) is 0.807. The number of H-pyrrole nitrogens is 1. The van der Waals surface area contributed by atoms with Gasteiger partial charge in [0.2, 0.25) is 0 Å². The van der Waals surface area contributed by atoms with Gasteiger partial charge in [-0.3, -0.25) is 9.10 Å². The molecule has 10 nitrogen and oxygen atoms in total. The van der Waals surface area contributed by atoms with Gasteiger partial charge >= 0.3 is 0 Å². The van der Waals surface area contributed by atoms with Gasteiger partial charge in [0.25, 0.3) is 15.9 Å². The van der Waals surface area contributed by atoms with Crippen LogP contribution in [0.1, 0.15) is 16.1 Å². The lowest BCUT2D eigenvalue weighted by Gasteiger charge is -2.24. The van der Waals surface area contributed by atoms with E-state index in [-0.39, 0.29) is 28.4 Å². The summed E-state index contributed by atoms with van der Waals surface area (Å²) in [5.41, 5.74) is 2.20. The molecule has 1 atom stereocenters. The fraction of sp³-hybridized carbons (Fsp3) is 0.286. The van der Waals surface area contributed by atoms with Crippen molar-refractivity contribution in [2.45, 2.75) is 22.3 Å². The monoisotopic (exact) mass is 584 g/mol. The Morgan fingerprint density at radius 1 is 1.05 bits per heavy atom. The van der Waals surface area contributed by atoms with Gasteiger partial charge in [-0.05, 0) is 29.8 Å². The van der Waals surface area contributed by atoms with Gasteiger partial charge in [-0.15, -0.1) is 11.8 Å². The van der Waals surface area contributed by atoms with Crippen LogP contribution in [-0.2, 0) is 25.2 Å². The highest BCUT2D eigenvalue weighted by atomic mass is 32.2.